The van der Waals surface area contributed by atoms with Crippen LogP contribution in [0.5, 0.6) is 11.5 Å². The molecule has 1 aromatic carbocycles. The molecule has 1 aromatic rings. The van der Waals surface area contributed by atoms with E-state index in [1.54, 1.807) is 12.1 Å². The van der Waals surface area contributed by atoms with Gasteiger partial charge in [-0.3, -0.25) is 9.79 Å². The van der Waals surface area contributed by atoms with E-state index < -0.39 is 11.8 Å². The van der Waals surface area contributed by atoms with Gasteiger partial charge in [-0.15, -0.1) is 0 Å². The largest absolute Gasteiger partial charge is 0.503 e. The van der Waals surface area contributed by atoms with E-state index in [1.165, 1.54) is 7.11 Å². The number of nitriles is 1. The maximum Gasteiger partial charge on any atom is 0.176 e. The lowest BCUT2D eigenvalue weighted by Crippen LogP contribution is -2.35. The third-order valence-electron chi connectivity index (χ3n) is 5.07. The first-order valence-electron chi connectivity index (χ1n) is 8.46. The molecular formula is C20H21ClN2O3. The van der Waals surface area contributed by atoms with Gasteiger partial charge in [0.05, 0.1) is 24.1 Å². The highest BCUT2D eigenvalue weighted by molar-refractivity contribution is 6.32. The van der Waals surface area contributed by atoms with Crippen molar-refractivity contribution in [2.24, 2.45) is 16.3 Å². The first-order chi connectivity index (χ1) is 12.2. The normalized spacial score (nSPS) is 24.6. The number of ketones is 1. The maximum atomic E-state index is 13.0. The summed E-state index contributed by atoms with van der Waals surface area (Å²) in [6.45, 7) is 5.91. The number of phenolic OH excluding ortho intramolecular Hbond substituents is 1. The summed E-state index contributed by atoms with van der Waals surface area (Å²) in [5, 5.41) is 19.9. The van der Waals surface area contributed by atoms with Crippen molar-refractivity contribution in [3.05, 3.63) is 34.0 Å². The molecule has 0 fully saturated rings. The van der Waals surface area contributed by atoms with E-state index in [9.17, 15) is 15.2 Å². The number of rotatable bonds is 2. The molecule has 2 atom stereocenters. The third kappa shape index (κ3) is 2.99. The highest BCUT2D eigenvalue weighted by atomic mass is 35.5. The van der Waals surface area contributed by atoms with Gasteiger partial charge < -0.3 is 9.84 Å². The van der Waals surface area contributed by atoms with E-state index in [2.05, 4.69) is 11.1 Å². The van der Waals surface area contributed by atoms with Crippen LogP contribution in [0.4, 0.5) is 0 Å². The van der Waals surface area contributed by atoms with E-state index in [4.69, 9.17) is 16.3 Å². The van der Waals surface area contributed by atoms with E-state index in [-0.39, 0.29) is 27.7 Å². The van der Waals surface area contributed by atoms with Crippen molar-refractivity contribution in [2.75, 3.05) is 7.11 Å². The Hall–Kier alpha value is -2.32. The molecule has 1 N–H and O–H groups in total. The number of phenols is 1. The van der Waals surface area contributed by atoms with Crippen LogP contribution in [0.3, 0.4) is 0 Å². The number of Topliss-reactive ketones (excluding diaryl/α,β-unsaturated/α-hetero) is 1. The molecule has 2 aliphatic rings. The van der Waals surface area contributed by atoms with Crippen LogP contribution >= 0.6 is 11.6 Å². The Kier molecular flexibility index (Phi) is 4.58. The van der Waals surface area contributed by atoms with Gasteiger partial charge >= 0.3 is 0 Å². The number of carbonyl (C=O) groups is 1. The van der Waals surface area contributed by atoms with Crippen LogP contribution in [-0.2, 0) is 4.79 Å². The molecule has 0 saturated heterocycles. The van der Waals surface area contributed by atoms with Gasteiger partial charge in [-0.2, -0.15) is 5.26 Å². The number of carbonyl (C=O) groups excluding carboxylic acids is 1. The average Bonchev–Trinajstić information content (AvgIpc) is 2.54. The zero-order chi connectivity index (χ0) is 19.2. The number of hydrogen-bond acceptors (Lipinski definition) is 5. The van der Waals surface area contributed by atoms with Crippen LogP contribution in [0.1, 0.15) is 45.1 Å². The van der Waals surface area contributed by atoms with Gasteiger partial charge in [-0.05, 0) is 36.5 Å². The predicted molar refractivity (Wildman–Crippen MR) is 99.7 cm³/mol. The first-order valence-corrected chi connectivity index (χ1v) is 8.83. The molecule has 1 unspecified atom stereocenters. The molecule has 0 radical (unpaired) electrons. The Morgan fingerprint density at radius 1 is 1.38 bits per heavy atom. The standard InChI is InChI=1S/C20H21ClN2O3/c1-10-12(9-22)17(11-5-13(21)19(25)16(6-11)26-4)18-14(23-10)7-20(2,3)8-15(18)24/h5-6,12,17,25H,7-8H2,1-4H3/t12?,17-/m1/s1. The minimum atomic E-state index is -0.566. The van der Waals surface area contributed by atoms with Crippen LogP contribution in [0.25, 0.3) is 0 Å². The summed E-state index contributed by atoms with van der Waals surface area (Å²) in [5.74, 6) is -0.957. The Morgan fingerprint density at radius 2 is 2.08 bits per heavy atom. The number of benzene rings is 1. The molecule has 1 aliphatic heterocycles. The number of aromatic hydroxyl groups is 1. The van der Waals surface area contributed by atoms with Gasteiger partial charge in [0.25, 0.3) is 0 Å². The van der Waals surface area contributed by atoms with Crippen molar-refractivity contribution in [1.29, 1.82) is 5.26 Å². The van der Waals surface area contributed by atoms with Gasteiger partial charge in [0.1, 0.15) is 0 Å². The zero-order valence-electron chi connectivity index (χ0n) is 15.3. The molecule has 1 aliphatic carbocycles. The summed E-state index contributed by atoms with van der Waals surface area (Å²) >= 11 is 6.16. The van der Waals surface area contributed by atoms with Gasteiger partial charge in [0, 0.05) is 29.3 Å². The number of ether oxygens (including phenoxy) is 1. The number of hydrogen-bond donors (Lipinski definition) is 1. The Bertz CT molecular complexity index is 893. The van der Waals surface area contributed by atoms with Crippen LogP contribution in [0, 0.1) is 22.7 Å². The molecular weight excluding hydrogens is 352 g/mol. The van der Waals surface area contributed by atoms with Crippen molar-refractivity contribution in [1.82, 2.24) is 0 Å². The van der Waals surface area contributed by atoms with Crippen molar-refractivity contribution in [2.45, 2.75) is 39.5 Å². The fourth-order valence-electron chi connectivity index (χ4n) is 3.90. The summed E-state index contributed by atoms with van der Waals surface area (Å²) in [6, 6.07) is 5.53. The SMILES string of the molecule is COc1cc([C@H]2C3=C(CC(C)(C)CC3=O)N=C(C)C2C#N)cc(Cl)c1O. The maximum absolute atomic E-state index is 13.0. The van der Waals surface area contributed by atoms with Crippen LogP contribution in [0.2, 0.25) is 5.02 Å². The zero-order valence-corrected chi connectivity index (χ0v) is 16.0. The smallest absolute Gasteiger partial charge is 0.176 e. The summed E-state index contributed by atoms with van der Waals surface area (Å²) in [6.07, 6.45) is 1.10. The molecule has 3 rings (SSSR count). The lowest BCUT2D eigenvalue weighted by Gasteiger charge is -2.38. The molecule has 26 heavy (non-hydrogen) atoms. The lowest BCUT2D eigenvalue weighted by atomic mass is 9.67. The second-order valence-corrected chi connectivity index (χ2v) is 8.10. The summed E-state index contributed by atoms with van der Waals surface area (Å²) in [7, 11) is 1.43. The number of halogens is 1. The molecule has 6 heteroatoms. The topological polar surface area (TPSA) is 82.7 Å². The molecule has 5 nitrogen and oxygen atoms in total. The van der Waals surface area contributed by atoms with Crippen LogP contribution < -0.4 is 4.74 Å². The van der Waals surface area contributed by atoms with E-state index in [0.29, 0.717) is 29.7 Å². The highest BCUT2D eigenvalue weighted by Crippen LogP contribution is 2.49. The Morgan fingerprint density at radius 3 is 2.69 bits per heavy atom. The van der Waals surface area contributed by atoms with Gasteiger partial charge in [0.15, 0.2) is 17.3 Å². The molecule has 136 valence electrons. The minimum Gasteiger partial charge on any atom is -0.503 e. The molecule has 0 spiro atoms. The molecule has 0 saturated carbocycles. The second kappa shape index (κ2) is 6.44. The lowest BCUT2D eigenvalue weighted by molar-refractivity contribution is -0.118. The van der Waals surface area contributed by atoms with E-state index in [1.807, 2.05) is 20.8 Å². The van der Waals surface area contributed by atoms with Crippen molar-refractivity contribution >= 4 is 23.1 Å². The van der Waals surface area contributed by atoms with Crippen LogP contribution in [-0.4, -0.2) is 23.7 Å². The van der Waals surface area contributed by atoms with Gasteiger partial charge in [-0.25, -0.2) is 0 Å². The average molecular weight is 373 g/mol. The summed E-state index contributed by atoms with van der Waals surface area (Å²) in [4.78, 5) is 17.6. The monoisotopic (exact) mass is 372 g/mol. The highest BCUT2D eigenvalue weighted by Gasteiger charge is 2.43. The van der Waals surface area contributed by atoms with Crippen molar-refractivity contribution in [3.8, 4) is 17.6 Å². The quantitative estimate of drug-likeness (QED) is 0.834. The molecule has 0 bridgehead atoms. The molecule has 1 heterocycles. The number of methoxy groups -OCH3 is 1. The minimum absolute atomic E-state index is 0.0147. The predicted octanol–water partition coefficient (Wildman–Crippen LogP) is 4.40. The third-order valence-corrected chi connectivity index (χ3v) is 5.36. The van der Waals surface area contributed by atoms with Gasteiger partial charge in [0.2, 0.25) is 0 Å². The van der Waals surface area contributed by atoms with Crippen LogP contribution in [0.15, 0.2) is 28.4 Å². The van der Waals surface area contributed by atoms with E-state index in [0.717, 1.165) is 5.70 Å². The number of aliphatic imine (C=N–C) groups is 1. The number of allylic oxidation sites excluding steroid dienone is 2. The first kappa shape index (κ1) is 18.5. The molecule has 0 aromatic heterocycles. The fourth-order valence-corrected chi connectivity index (χ4v) is 4.12. The van der Waals surface area contributed by atoms with Crippen molar-refractivity contribution < 1.29 is 14.6 Å². The van der Waals surface area contributed by atoms with Gasteiger partial charge in [-0.1, -0.05) is 25.4 Å². The number of nitrogens with zero attached hydrogens (tertiary/aromatic N) is 2. The van der Waals surface area contributed by atoms with Crippen molar-refractivity contribution in [3.63, 3.8) is 0 Å². The second-order valence-electron chi connectivity index (χ2n) is 7.69. The fraction of sp³-hybridized carbons (Fsp3) is 0.450. The summed E-state index contributed by atoms with van der Waals surface area (Å²) in [5.41, 5.74) is 2.54. The molecule has 0 amide bonds. The van der Waals surface area contributed by atoms with E-state index >= 15 is 0 Å². The summed E-state index contributed by atoms with van der Waals surface area (Å²) < 4.78 is 5.20. The Balaban J connectivity index is 2.23. The Labute approximate surface area is 157 Å².